The Hall–Kier alpha value is -0.570. The van der Waals surface area contributed by atoms with Crippen molar-refractivity contribution >= 4 is 5.97 Å². The van der Waals surface area contributed by atoms with Gasteiger partial charge in [0.1, 0.15) is 0 Å². The van der Waals surface area contributed by atoms with Crippen molar-refractivity contribution in [3.8, 4) is 0 Å². The van der Waals surface area contributed by atoms with Crippen LogP contribution in [-0.4, -0.2) is 24.3 Å². The largest absolute Gasteiger partial charge is 0.465 e. The number of aliphatic hydroxyl groups is 1. The summed E-state index contributed by atoms with van der Waals surface area (Å²) in [7, 11) is 0. The number of hydrogen-bond acceptors (Lipinski definition) is 3. The quantitative estimate of drug-likeness (QED) is 0.503. The van der Waals surface area contributed by atoms with E-state index in [1.54, 1.807) is 0 Å². The Morgan fingerprint density at radius 3 is 2.42 bits per heavy atom. The van der Waals surface area contributed by atoms with Gasteiger partial charge in [0.15, 0.2) is 0 Å². The Balaban J connectivity index is 3.57. The third-order valence-electron chi connectivity index (χ3n) is 1.92. The summed E-state index contributed by atoms with van der Waals surface area (Å²) in [6, 6.07) is 0. The molecule has 0 rings (SSSR count). The smallest absolute Gasteiger partial charge is 0.308 e. The van der Waals surface area contributed by atoms with Crippen LogP contribution in [-0.2, 0) is 9.53 Å². The maximum absolute atomic E-state index is 11.2. The van der Waals surface area contributed by atoms with E-state index in [1.165, 1.54) is 0 Å². The molecule has 0 aromatic carbocycles. The zero-order valence-corrected chi connectivity index (χ0v) is 8.04. The van der Waals surface area contributed by atoms with Gasteiger partial charge in [-0.2, -0.15) is 0 Å². The number of esters is 1. The van der Waals surface area contributed by atoms with E-state index < -0.39 is 0 Å². The van der Waals surface area contributed by atoms with Crippen LogP contribution in [0.3, 0.4) is 0 Å². The number of aliphatic hydroxyl groups excluding tert-OH is 1. The van der Waals surface area contributed by atoms with E-state index in [4.69, 9.17) is 9.84 Å². The number of hydrogen-bond donors (Lipinski definition) is 1. The van der Waals surface area contributed by atoms with Crippen LogP contribution in [0.5, 0.6) is 0 Å². The maximum Gasteiger partial charge on any atom is 0.308 e. The molecule has 0 spiro atoms. The third-order valence-corrected chi connectivity index (χ3v) is 1.92. The van der Waals surface area contributed by atoms with Crippen LogP contribution in [0.1, 0.15) is 27.2 Å². The fraction of sp³-hybridized carbons (Fsp3) is 0.889. The van der Waals surface area contributed by atoms with Crippen molar-refractivity contribution in [3.05, 3.63) is 0 Å². The lowest BCUT2D eigenvalue weighted by atomic mass is 9.99. The monoisotopic (exact) mass is 174 g/mol. The van der Waals surface area contributed by atoms with Gasteiger partial charge >= 0.3 is 5.97 Å². The van der Waals surface area contributed by atoms with E-state index in [0.717, 1.165) is 0 Å². The minimum Gasteiger partial charge on any atom is -0.465 e. The Kier molecular flexibility index (Phi) is 5.72. The molecule has 1 atom stereocenters. The Morgan fingerprint density at radius 2 is 2.00 bits per heavy atom. The van der Waals surface area contributed by atoms with Crippen LogP contribution in [0.2, 0.25) is 0 Å². The number of carbonyl (C=O) groups is 1. The molecule has 0 heterocycles. The van der Waals surface area contributed by atoms with E-state index in [1.807, 2.05) is 20.8 Å². The van der Waals surface area contributed by atoms with Crippen LogP contribution in [0.15, 0.2) is 0 Å². The zero-order chi connectivity index (χ0) is 9.56. The SMILES string of the molecule is CC(C)C(C)C(=O)OCCCO. The average Bonchev–Trinajstić information content (AvgIpc) is 2.03. The Labute approximate surface area is 73.7 Å². The van der Waals surface area contributed by atoms with E-state index in [2.05, 4.69) is 0 Å². The molecule has 3 heteroatoms. The normalized spacial score (nSPS) is 13.1. The first-order valence-electron chi connectivity index (χ1n) is 4.37. The fourth-order valence-corrected chi connectivity index (χ4v) is 0.641. The van der Waals surface area contributed by atoms with Gasteiger partial charge in [0, 0.05) is 13.0 Å². The molecule has 0 radical (unpaired) electrons. The first-order chi connectivity index (χ1) is 5.59. The highest BCUT2D eigenvalue weighted by Gasteiger charge is 2.17. The standard InChI is InChI=1S/C9H18O3/c1-7(2)8(3)9(11)12-6-4-5-10/h7-8,10H,4-6H2,1-3H3. The third kappa shape index (κ3) is 4.34. The van der Waals surface area contributed by atoms with Gasteiger partial charge in [0.25, 0.3) is 0 Å². The molecule has 0 fully saturated rings. The average molecular weight is 174 g/mol. The second kappa shape index (κ2) is 6.00. The fourth-order valence-electron chi connectivity index (χ4n) is 0.641. The van der Waals surface area contributed by atoms with Gasteiger partial charge in [-0.05, 0) is 5.92 Å². The zero-order valence-electron chi connectivity index (χ0n) is 8.04. The van der Waals surface area contributed by atoms with Gasteiger partial charge in [-0.1, -0.05) is 20.8 Å². The van der Waals surface area contributed by atoms with Gasteiger partial charge < -0.3 is 9.84 Å². The second-order valence-corrected chi connectivity index (χ2v) is 3.28. The minimum atomic E-state index is -0.168. The molecule has 0 aliphatic heterocycles. The molecule has 0 aliphatic carbocycles. The molecule has 0 aromatic heterocycles. The van der Waals surface area contributed by atoms with Crippen LogP contribution < -0.4 is 0 Å². The lowest BCUT2D eigenvalue weighted by Crippen LogP contribution is -2.20. The molecule has 1 N–H and O–H groups in total. The molecule has 0 aliphatic rings. The summed E-state index contributed by atoms with van der Waals surface area (Å²) < 4.78 is 4.91. The van der Waals surface area contributed by atoms with Crippen molar-refractivity contribution in [1.82, 2.24) is 0 Å². The molecule has 12 heavy (non-hydrogen) atoms. The van der Waals surface area contributed by atoms with Crippen molar-refractivity contribution in [2.75, 3.05) is 13.2 Å². The Bertz CT molecular complexity index is 132. The Morgan fingerprint density at radius 1 is 1.42 bits per heavy atom. The molecule has 0 saturated heterocycles. The van der Waals surface area contributed by atoms with Crippen LogP contribution in [0.4, 0.5) is 0 Å². The van der Waals surface area contributed by atoms with Gasteiger partial charge in [-0.25, -0.2) is 0 Å². The lowest BCUT2D eigenvalue weighted by molar-refractivity contribution is -0.149. The molecule has 0 saturated carbocycles. The van der Waals surface area contributed by atoms with Crippen LogP contribution >= 0.6 is 0 Å². The molecule has 72 valence electrons. The van der Waals surface area contributed by atoms with Crippen molar-refractivity contribution in [3.63, 3.8) is 0 Å². The number of ether oxygens (including phenoxy) is 1. The van der Waals surface area contributed by atoms with E-state index in [-0.39, 0.29) is 18.5 Å². The highest BCUT2D eigenvalue weighted by Crippen LogP contribution is 2.11. The summed E-state index contributed by atoms with van der Waals surface area (Å²) in [6.45, 7) is 6.22. The van der Waals surface area contributed by atoms with Crippen LogP contribution in [0, 0.1) is 11.8 Å². The van der Waals surface area contributed by atoms with Crippen LogP contribution in [0.25, 0.3) is 0 Å². The van der Waals surface area contributed by atoms with E-state index in [9.17, 15) is 4.79 Å². The number of carbonyl (C=O) groups excluding carboxylic acids is 1. The molecular formula is C9H18O3. The second-order valence-electron chi connectivity index (χ2n) is 3.28. The minimum absolute atomic E-state index is 0.0521. The molecule has 3 nitrogen and oxygen atoms in total. The summed E-state index contributed by atoms with van der Waals surface area (Å²) in [4.78, 5) is 11.2. The first-order valence-corrected chi connectivity index (χ1v) is 4.37. The van der Waals surface area contributed by atoms with Crippen molar-refractivity contribution in [1.29, 1.82) is 0 Å². The molecular weight excluding hydrogens is 156 g/mol. The summed E-state index contributed by atoms with van der Waals surface area (Å²) in [5.41, 5.74) is 0. The summed E-state index contributed by atoms with van der Waals surface area (Å²) in [5.74, 6) is 0.0915. The predicted octanol–water partition coefficient (Wildman–Crippen LogP) is 1.20. The van der Waals surface area contributed by atoms with Gasteiger partial charge in [-0.15, -0.1) is 0 Å². The highest BCUT2D eigenvalue weighted by molar-refractivity contribution is 5.72. The molecule has 0 amide bonds. The van der Waals surface area contributed by atoms with Crippen molar-refractivity contribution in [2.45, 2.75) is 27.2 Å². The van der Waals surface area contributed by atoms with Gasteiger partial charge in [-0.3, -0.25) is 4.79 Å². The van der Waals surface area contributed by atoms with Crippen molar-refractivity contribution in [2.24, 2.45) is 11.8 Å². The van der Waals surface area contributed by atoms with Gasteiger partial charge in [0.2, 0.25) is 0 Å². The highest BCUT2D eigenvalue weighted by atomic mass is 16.5. The number of rotatable bonds is 5. The van der Waals surface area contributed by atoms with E-state index in [0.29, 0.717) is 18.9 Å². The lowest BCUT2D eigenvalue weighted by Gasteiger charge is -2.13. The molecule has 1 unspecified atom stereocenters. The molecule has 0 bridgehead atoms. The summed E-state index contributed by atoms with van der Waals surface area (Å²) >= 11 is 0. The molecule has 0 aromatic rings. The topological polar surface area (TPSA) is 46.5 Å². The predicted molar refractivity (Wildman–Crippen MR) is 46.7 cm³/mol. The maximum atomic E-state index is 11.2. The summed E-state index contributed by atoms with van der Waals surface area (Å²) in [6.07, 6.45) is 0.524. The van der Waals surface area contributed by atoms with Gasteiger partial charge in [0.05, 0.1) is 12.5 Å². The van der Waals surface area contributed by atoms with Crippen molar-refractivity contribution < 1.29 is 14.6 Å². The van der Waals surface area contributed by atoms with E-state index >= 15 is 0 Å². The first kappa shape index (κ1) is 11.4. The summed E-state index contributed by atoms with van der Waals surface area (Å²) in [5, 5.41) is 8.44.